The van der Waals surface area contributed by atoms with E-state index >= 15 is 0 Å². The van der Waals surface area contributed by atoms with Crippen LogP contribution in [0.2, 0.25) is 15.1 Å². The van der Waals surface area contributed by atoms with E-state index in [2.05, 4.69) is 20.9 Å². The van der Waals surface area contributed by atoms with Crippen molar-refractivity contribution in [1.29, 1.82) is 0 Å². The summed E-state index contributed by atoms with van der Waals surface area (Å²) in [5, 5.41) is 11.7. The van der Waals surface area contributed by atoms with Crippen LogP contribution in [0.15, 0.2) is 113 Å². The minimum atomic E-state index is -0.513. The van der Waals surface area contributed by atoms with Crippen molar-refractivity contribution in [2.45, 2.75) is 17.1 Å². The Bertz CT molecular complexity index is 1910. The summed E-state index contributed by atoms with van der Waals surface area (Å²) in [6.07, 6.45) is 1.56. The number of rotatable bonds is 10. The van der Waals surface area contributed by atoms with Gasteiger partial charge in [0, 0.05) is 32.1 Å². The van der Waals surface area contributed by atoms with Crippen LogP contribution >= 0.6 is 57.9 Å². The smallest absolute Gasteiger partial charge is 0.272 e. The summed E-state index contributed by atoms with van der Waals surface area (Å²) in [5.41, 5.74) is 3.09. The summed E-state index contributed by atoms with van der Waals surface area (Å²) in [7, 11) is 0. The number of carbonyl (C=O) groups excluding carboxylic acids is 3. The molecular weight excluding hydrogens is 683 g/mol. The average Bonchev–Trinajstić information content (AvgIpc) is 3.51. The normalized spacial score (nSPS) is 11.9. The number of carbonyl (C=O) groups is 3. The van der Waals surface area contributed by atoms with Crippen molar-refractivity contribution < 1.29 is 14.4 Å². The van der Waals surface area contributed by atoms with E-state index in [-0.39, 0.29) is 11.6 Å². The fraction of sp³-hybridized carbons (Fsp3) is 0.0588. The molecule has 232 valence electrons. The fourth-order valence-electron chi connectivity index (χ4n) is 4.10. The van der Waals surface area contributed by atoms with Crippen molar-refractivity contribution in [2.75, 3.05) is 10.6 Å². The summed E-state index contributed by atoms with van der Waals surface area (Å²) in [4.78, 5) is 44.4. The Hall–Kier alpha value is -4.12. The molecular formula is C34H25Cl3N4O3S2. The number of anilines is 2. The fourth-order valence-corrected chi connectivity index (χ4v) is 6.19. The van der Waals surface area contributed by atoms with E-state index in [9.17, 15) is 14.4 Å². The van der Waals surface area contributed by atoms with E-state index in [0.29, 0.717) is 42.7 Å². The Morgan fingerprint density at radius 2 is 1.61 bits per heavy atom. The van der Waals surface area contributed by atoms with Gasteiger partial charge in [0.15, 0.2) is 5.13 Å². The molecule has 12 heteroatoms. The van der Waals surface area contributed by atoms with Gasteiger partial charge >= 0.3 is 0 Å². The number of nitrogens with one attached hydrogen (secondary N) is 3. The number of thiazole rings is 1. The first-order chi connectivity index (χ1) is 22.1. The van der Waals surface area contributed by atoms with Crippen molar-refractivity contribution in [3.63, 3.8) is 0 Å². The number of aromatic nitrogens is 1. The third-order valence-electron chi connectivity index (χ3n) is 6.43. The molecule has 0 aliphatic heterocycles. The van der Waals surface area contributed by atoms with Crippen molar-refractivity contribution in [2.24, 2.45) is 0 Å². The summed E-state index contributed by atoms with van der Waals surface area (Å²) in [6, 6.07) is 27.9. The molecule has 0 aliphatic rings. The Morgan fingerprint density at radius 3 is 2.33 bits per heavy atom. The van der Waals surface area contributed by atoms with E-state index < -0.39 is 17.1 Å². The maximum atomic E-state index is 13.3. The molecule has 4 aromatic carbocycles. The highest BCUT2D eigenvalue weighted by Crippen LogP contribution is 2.31. The maximum Gasteiger partial charge on any atom is 0.272 e. The minimum absolute atomic E-state index is 0.0457. The summed E-state index contributed by atoms with van der Waals surface area (Å²) >= 11 is 20.9. The van der Waals surface area contributed by atoms with Gasteiger partial charge in [-0.05, 0) is 79.2 Å². The molecule has 1 aromatic heterocycles. The molecule has 3 N–H and O–H groups in total. The van der Waals surface area contributed by atoms with Crippen LogP contribution in [0, 0.1) is 0 Å². The van der Waals surface area contributed by atoms with Crippen molar-refractivity contribution in [3.05, 3.63) is 134 Å². The van der Waals surface area contributed by atoms with E-state index in [1.807, 2.05) is 11.4 Å². The van der Waals surface area contributed by atoms with Crippen LogP contribution in [0.5, 0.6) is 0 Å². The lowest BCUT2D eigenvalue weighted by Gasteiger charge is -2.13. The first-order valence-corrected chi connectivity index (χ1v) is 16.7. The molecule has 0 fully saturated rings. The molecule has 3 amide bonds. The third-order valence-corrected chi connectivity index (χ3v) is 9.28. The van der Waals surface area contributed by atoms with Crippen LogP contribution in [-0.2, 0) is 9.59 Å². The highest BCUT2D eigenvalue weighted by atomic mass is 35.5. The second-order valence-corrected chi connectivity index (χ2v) is 13.4. The van der Waals surface area contributed by atoms with Crippen LogP contribution in [0.4, 0.5) is 10.8 Å². The molecule has 5 rings (SSSR count). The van der Waals surface area contributed by atoms with Gasteiger partial charge in [-0.1, -0.05) is 71.2 Å². The number of nitrogens with zero attached hydrogens (tertiary/aromatic N) is 1. The first kappa shape index (κ1) is 33.2. The number of hydrogen-bond donors (Lipinski definition) is 3. The SMILES string of the molecule is CC(Sc1ccc(NC(=O)/C(=C/c2cccc(Cl)c2)NC(=O)c2ccccc2)cc1)C(=O)Nc1nc(-c2ccc(Cl)c(Cl)c2)cs1. The molecule has 46 heavy (non-hydrogen) atoms. The largest absolute Gasteiger partial charge is 0.321 e. The Morgan fingerprint density at radius 1 is 0.848 bits per heavy atom. The summed E-state index contributed by atoms with van der Waals surface area (Å²) in [6.45, 7) is 1.80. The van der Waals surface area contributed by atoms with Gasteiger partial charge in [-0.25, -0.2) is 4.98 Å². The third kappa shape index (κ3) is 8.99. The number of benzene rings is 4. The molecule has 5 aromatic rings. The molecule has 0 aliphatic carbocycles. The summed E-state index contributed by atoms with van der Waals surface area (Å²) < 4.78 is 0. The molecule has 0 saturated carbocycles. The second kappa shape index (κ2) is 15.4. The van der Waals surface area contributed by atoms with Gasteiger partial charge < -0.3 is 16.0 Å². The highest BCUT2D eigenvalue weighted by Gasteiger charge is 2.18. The Kier molecular flexibility index (Phi) is 11.2. The van der Waals surface area contributed by atoms with Gasteiger partial charge in [0.25, 0.3) is 11.8 Å². The lowest BCUT2D eigenvalue weighted by atomic mass is 10.1. The molecule has 0 radical (unpaired) electrons. The number of hydrogen-bond acceptors (Lipinski definition) is 6. The first-order valence-electron chi connectivity index (χ1n) is 13.8. The topological polar surface area (TPSA) is 100 Å². The Balaban J connectivity index is 1.21. The van der Waals surface area contributed by atoms with Gasteiger partial charge in [-0.15, -0.1) is 23.1 Å². The predicted octanol–water partition coefficient (Wildman–Crippen LogP) is 9.30. The van der Waals surface area contributed by atoms with E-state index in [1.54, 1.807) is 104 Å². The molecule has 1 heterocycles. The standard InChI is InChI=1S/C34H25Cl3N4O3S2/c1-20(31(42)41-34-40-30(19-45-34)23-10-15-27(36)28(37)18-23)46-26-13-11-25(12-14-26)38-33(44)29(17-21-6-5-9-24(35)16-21)39-32(43)22-7-3-2-4-8-22/h2-20H,1H3,(H,38,44)(H,39,43)(H,40,41,42)/b29-17-. The minimum Gasteiger partial charge on any atom is -0.321 e. The molecule has 1 unspecified atom stereocenters. The van der Waals surface area contributed by atoms with Crippen molar-refractivity contribution >= 4 is 92.5 Å². The van der Waals surface area contributed by atoms with Crippen LogP contribution in [0.3, 0.4) is 0 Å². The number of halogens is 3. The van der Waals surface area contributed by atoms with Gasteiger partial charge in [-0.2, -0.15) is 0 Å². The highest BCUT2D eigenvalue weighted by molar-refractivity contribution is 8.00. The van der Waals surface area contributed by atoms with E-state index in [1.165, 1.54) is 23.1 Å². The van der Waals surface area contributed by atoms with Crippen molar-refractivity contribution in [1.82, 2.24) is 10.3 Å². The maximum absolute atomic E-state index is 13.3. The van der Waals surface area contributed by atoms with Crippen LogP contribution in [-0.4, -0.2) is 28.0 Å². The van der Waals surface area contributed by atoms with Gasteiger partial charge in [0.05, 0.1) is 21.0 Å². The average molecular weight is 708 g/mol. The quantitative estimate of drug-likeness (QED) is 0.0993. The Labute approximate surface area is 289 Å². The van der Waals surface area contributed by atoms with E-state index in [0.717, 1.165) is 10.5 Å². The molecule has 1 atom stereocenters. The molecule has 0 bridgehead atoms. The predicted molar refractivity (Wildman–Crippen MR) is 190 cm³/mol. The summed E-state index contributed by atoms with van der Waals surface area (Å²) in [5.74, 6) is -1.14. The lowest BCUT2D eigenvalue weighted by Crippen LogP contribution is -2.30. The zero-order valence-corrected chi connectivity index (χ0v) is 28.0. The second-order valence-electron chi connectivity index (χ2n) is 9.83. The monoisotopic (exact) mass is 706 g/mol. The van der Waals surface area contributed by atoms with Crippen LogP contribution < -0.4 is 16.0 Å². The van der Waals surface area contributed by atoms with E-state index in [4.69, 9.17) is 34.8 Å². The molecule has 7 nitrogen and oxygen atoms in total. The zero-order valence-electron chi connectivity index (χ0n) is 24.1. The van der Waals surface area contributed by atoms with Gasteiger partial charge in [0.2, 0.25) is 5.91 Å². The lowest BCUT2D eigenvalue weighted by molar-refractivity contribution is -0.115. The van der Waals surface area contributed by atoms with Gasteiger partial charge in [0.1, 0.15) is 5.70 Å². The van der Waals surface area contributed by atoms with Gasteiger partial charge in [-0.3, -0.25) is 14.4 Å². The number of thioether (sulfide) groups is 1. The van der Waals surface area contributed by atoms with Crippen LogP contribution in [0.1, 0.15) is 22.8 Å². The molecule has 0 spiro atoms. The van der Waals surface area contributed by atoms with Crippen LogP contribution in [0.25, 0.3) is 17.3 Å². The van der Waals surface area contributed by atoms with Crippen molar-refractivity contribution in [3.8, 4) is 11.3 Å². The molecule has 0 saturated heterocycles. The zero-order chi connectivity index (χ0) is 32.6. The number of amides is 3.